The summed E-state index contributed by atoms with van der Waals surface area (Å²) in [6.07, 6.45) is -0.166. The first-order valence-electron chi connectivity index (χ1n) is 6.55. The number of hydrogen-bond acceptors (Lipinski definition) is 3. The van der Waals surface area contributed by atoms with E-state index in [1.54, 1.807) is 17.0 Å². The molecule has 0 aliphatic carbocycles. The maximum absolute atomic E-state index is 13.6. The van der Waals surface area contributed by atoms with Gasteiger partial charge >= 0.3 is 0 Å². The average molecular weight is 281 g/mol. The van der Waals surface area contributed by atoms with E-state index in [1.165, 1.54) is 6.07 Å². The zero-order valence-corrected chi connectivity index (χ0v) is 10.8. The van der Waals surface area contributed by atoms with Gasteiger partial charge in [0.05, 0.1) is 12.2 Å². The van der Waals surface area contributed by atoms with Crippen LogP contribution in [0.1, 0.15) is 12.0 Å². The van der Waals surface area contributed by atoms with Crippen LogP contribution >= 0.6 is 0 Å². The van der Waals surface area contributed by atoms with E-state index in [0.29, 0.717) is 25.3 Å². The van der Waals surface area contributed by atoms with Gasteiger partial charge in [-0.2, -0.15) is 5.26 Å². The number of piperazine rings is 1. The molecule has 0 radical (unpaired) electrons. The normalized spacial score (nSPS) is 25.3. The lowest BCUT2D eigenvalue weighted by Crippen LogP contribution is -2.50. The summed E-state index contributed by atoms with van der Waals surface area (Å²) in [5.74, 6) is -3.20. The van der Waals surface area contributed by atoms with Gasteiger partial charge in [0.25, 0.3) is 5.92 Å². The first-order valence-corrected chi connectivity index (χ1v) is 6.55. The molecule has 2 fully saturated rings. The second kappa shape index (κ2) is 4.67. The molecule has 0 unspecified atom stereocenters. The lowest BCUT2D eigenvalue weighted by molar-refractivity contribution is 0.0125. The number of nitriles is 1. The minimum Gasteiger partial charge on any atom is -0.368 e. The van der Waals surface area contributed by atoms with Gasteiger partial charge in [-0.25, -0.2) is 13.2 Å². The number of anilines is 1. The van der Waals surface area contributed by atoms with E-state index >= 15 is 0 Å². The summed E-state index contributed by atoms with van der Waals surface area (Å²) in [6, 6.07) is 6.08. The van der Waals surface area contributed by atoms with Gasteiger partial charge in [0.1, 0.15) is 17.4 Å². The minimum atomic E-state index is -2.64. The molecule has 1 aromatic carbocycles. The summed E-state index contributed by atoms with van der Waals surface area (Å²) in [5, 5.41) is 9.05. The molecule has 1 atom stereocenters. The summed E-state index contributed by atoms with van der Waals surface area (Å²) < 4.78 is 40.4. The smallest absolute Gasteiger partial charge is 0.262 e. The van der Waals surface area contributed by atoms with Crippen LogP contribution in [0.4, 0.5) is 18.9 Å². The molecule has 0 spiro atoms. The van der Waals surface area contributed by atoms with Gasteiger partial charge in [0, 0.05) is 32.1 Å². The summed E-state index contributed by atoms with van der Waals surface area (Å²) in [4.78, 5) is 3.62. The van der Waals surface area contributed by atoms with Gasteiger partial charge in [-0.05, 0) is 12.1 Å². The van der Waals surface area contributed by atoms with Gasteiger partial charge in [-0.15, -0.1) is 0 Å². The Balaban J connectivity index is 1.84. The first-order chi connectivity index (χ1) is 9.50. The molecule has 2 saturated heterocycles. The summed E-state index contributed by atoms with van der Waals surface area (Å²) in [6.45, 7) is 1.26. The molecule has 0 saturated carbocycles. The lowest BCUT2D eigenvalue weighted by atomic mass is 10.1. The van der Waals surface area contributed by atoms with E-state index in [-0.39, 0.29) is 24.6 Å². The van der Waals surface area contributed by atoms with Crippen molar-refractivity contribution in [2.45, 2.75) is 18.4 Å². The number of benzene rings is 1. The number of halogens is 3. The molecular weight excluding hydrogens is 267 g/mol. The molecule has 0 bridgehead atoms. The Morgan fingerprint density at radius 1 is 1.30 bits per heavy atom. The van der Waals surface area contributed by atoms with Gasteiger partial charge < -0.3 is 4.90 Å². The van der Waals surface area contributed by atoms with Crippen molar-refractivity contribution < 1.29 is 13.2 Å². The second-order valence-corrected chi connectivity index (χ2v) is 5.38. The highest BCUT2D eigenvalue weighted by atomic mass is 19.3. The van der Waals surface area contributed by atoms with Crippen molar-refractivity contribution in [3.8, 4) is 6.07 Å². The standard InChI is InChI=1S/C14H14F3N3/c15-12-2-1-3-13(11(12)7-18)19-4-5-20-9-14(16,17)6-10(20)8-19/h1-3,10H,4-6,8-9H2/t10-/m0/s1. The molecule has 0 amide bonds. The quantitative estimate of drug-likeness (QED) is 0.790. The van der Waals surface area contributed by atoms with Crippen molar-refractivity contribution in [2.75, 3.05) is 31.1 Å². The van der Waals surface area contributed by atoms with Crippen LogP contribution < -0.4 is 4.90 Å². The van der Waals surface area contributed by atoms with Crippen LogP contribution in [0.3, 0.4) is 0 Å². The molecule has 3 rings (SSSR count). The fraction of sp³-hybridized carbons (Fsp3) is 0.500. The van der Waals surface area contributed by atoms with E-state index in [0.717, 1.165) is 0 Å². The van der Waals surface area contributed by atoms with Crippen LogP contribution in [0, 0.1) is 17.1 Å². The van der Waals surface area contributed by atoms with E-state index in [2.05, 4.69) is 0 Å². The number of fused-ring (bicyclic) bond motifs is 1. The van der Waals surface area contributed by atoms with E-state index in [4.69, 9.17) is 5.26 Å². The summed E-state index contributed by atoms with van der Waals surface area (Å²) in [5.41, 5.74) is 0.494. The van der Waals surface area contributed by atoms with Crippen molar-refractivity contribution >= 4 is 5.69 Å². The molecule has 1 aromatic rings. The maximum atomic E-state index is 13.6. The van der Waals surface area contributed by atoms with Crippen LogP contribution in [-0.4, -0.2) is 43.0 Å². The van der Waals surface area contributed by atoms with Crippen LogP contribution in [-0.2, 0) is 0 Å². The van der Waals surface area contributed by atoms with E-state index < -0.39 is 11.7 Å². The minimum absolute atomic E-state index is 0.00860. The Morgan fingerprint density at radius 2 is 2.10 bits per heavy atom. The molecule has 6 heteroatoms. The number of alkyl halides is 2. The predicted molar refractivity (Wildman–Crippen MR) is 68.3 cm³/mol. The molecule has 0 aromatic heterocycles. The van der Waals surface area contributed by atoms with Gasteiger partial charge in [0.15, 0.2) is 0 Å². The third-order valence-electron chi connectivity index (χ3n) is 4.02. The first kappa shape index (κ1) is 13.3. The highest BCUT2D eigenvalue weighted by Crippen LogP contribution is 2.35. The van der Waals surface area contributed by atoms with E-state index in [1.807, 2.05) is 11.0 Å². The predicted octanol–water partition coefficient (Wildman–Crippen LogP) is 2.23. The fourth-order valence-electron chi connectivity index (χ4n) is 3.11. The van der Waals surface area contributed by atoms with Crippen molar-refractivity contribution in [3.05, 3.63) is 29.6 Å². The van der Waals surface area contributed by atoms with Gasteiger partial charge in [-0.3, -0.25) is 4.90 Å². The summed E-state index contributed by atoms with van der Waals surface area (Å²) in [7, 11) is 0. The molecule has 0 N–H and O–H groups in total. The largest absolute Gasteiger partial charge is 0.368 e. The molecule has 3 nitrogen and oxygen atoms in total. The topological polar surface area (TPSA) is 30.3 Å². The molecule has 20 heavy (non-hydrogen) atoms. The third kappa shape index (κ3) is 2.22. The monoisotopic (exact) mass is 281 g/mol. The Labute approximate surface area is 115 Å². The van der Waals surface area contributed by atoms with Crippen molar-refractivity contribution in [3.63, 3.8) is 0 Å². The Bertz CT molecular complexity index is 567. The average Bonchev–Trinajstić information content (AvgIpc) is 2.71. The Morgan fingerprint density at radius 3 is 2.85 bits per heavy atom. The number of rotatable bonds is 1. The molecular formula is C14H14F3N3. The van der Waals surface area contributed by atoms with Crippen molar-refractivity contribution in [1.82, 2.24) is 4.90 Å². The van der Waals surface area contributed by atoms with Crippen LogP contribution in [0.15, 0.2) is 18.2 Å². The SMILES string of the molecule is N#Cc1c(F)cccc1N1CCN2CC(F)(F)C[C@H]2C1. The highest BCUT2D eigenvalue weighted by Gasteiger charge is 2.46. The Hall–Kier alpha value is -1.74. The van der Waals surface area contributed by atoms with Gasteiger partial charge in [0.2, 0.25) is 0 Å². The molecule has 2 aliphatic rings. The zero-order chi connectivity index (χ0) is 14.3. The van der Waals surface area contributed by atoms with Crippen LogP contribution in [0.25, 0.3) is 0 Å². The number of hydrogen-bond donors (Lipinski definition) is 0. The van der Waals surface area contributed by atoms with Crippen LogP contribution in [0.5, 0.6) is 0 Å². The lowest BCUT2D eigenvalue weighted by Gasteiger charge is -2.38. The maximum Gasteiger partial charge on any atom is 0.262 e. The number of nitrogens with zero attached hydrogens (tertiary/aromatic N) is 3. The third-order valence-corrected chi connectivity index (χ3v) is 4.02. The summed E-state index contributed by atoms with van der Waals surface area (Å²) >= 11 is 0. The van der Waals surface area contributed by atoms with Crippen molar-refractivity contribution in [1.29, 1.82) is 5.26 Å². The molecule has 2 heterocycles. The fourth-order valence-corrected chi connectivity index (χ4v) is 3.11. The van der Waals surface area contributed by atoms with Crippen molar-refractivity contribution in [2.24, 2.45) is 0 Å². The van der Waals surface area contributed by atoms with Gasteiger partial charge in [-0.1, -0.05) is 6.07 Å². The zero-order valence-electron chi connectivity index (χ0n) is 10.8. The van der Waals surface area contributed by atoms with Crippen LogP contribution in [0.2, 0.25) is 0 Å². The molecule has 106 valence electrons. The molecule has 2 aliphatic heterocycles. The van der Waals surface area contributed by atoms with E-state index in [9.17, 15) is 13.2 Å². The Kier molecular flexibility index (Phi) is 3.09. The highest BCUT2D eigenvalue weighted by molar-refractivity contribution is 5.60. The second-order valence-electron chi connectivity index (χ2n) is 5.38.